The summed E-state index contributed by atoms with van der Waals surface area (Å²) in [6.45, 7) is 0. The number of hydrogen-bond acceptors (Lipinski definition) is 3. The van der Waals surface area contributed by atoms with Gasteiger partial charge in [-0.2, -0.15) is 0 Å². The second-order valence-corrected chi connectivity index (χ2v) is 10.6. The Hall–Kier alpha value is -4.52. The third-order valence-electron chi connectivity index (χ3n) is 7.53. The van der Waals surface area contributed by atoms with E-state index < -0.39 is 0 Å². The minimum absolute atomic E-state index is 0.173. The van der Waals surface area contributed by atoms with Crippen molar-refractivity contribution in [2.24, 2.45) is 0 Å². The summed E-state index contributed by atoms with van der Waals surface area (Å²) >= 11 is 1.80. The van der Waals surface area contributed by atoms with Gasteiger partial charge in [0.25, 0.3) is 0 Å². The third kappa shape index (κ3) is 3.13. The Morgan fingerprint density at radius 3 is 2.35 bits per heavy atom. The zero-order chi connectivity index (χ0) is 24.3. The largest absolute Gasteiger partial charge is 0.252 e. The first kappa shape index (κ1) is 20.7. The van der Waals surface area contributed by atoms with Gasteiger partial charge < -0.3 is 0 Å². The molecule has 0 fully saturated rings. The lowest BCUT2D eigenvalue weighted by Gasteiger charge is -2.19. The average molecular weight is 489 g/mol. The number of hydrogen-bond donors (Lipinski definition) is 0. The zero-order valence-corrected chi connectivity index (χ0v) is 20.7. The maximum atomic E-state index is 5.25. The lowest BCUT2D eigenvalue weighted by molar-refractivity contribution is 0.828. The summed E-state index contributed by atoms with van der Waals surface area (Å²) in [6, 6.07) is 34.2. The van der Waals surface area contributed by atoms with Gasteiger partial charge in [-0.15, -0.1) is 11.3 Å². The van der Waals surface area contributed by atoms with Crippen molar-refractivity contribution in [3.8, 4) is 0 Å². The van der Waals surface area contributed by atoms with Gasteiger partial charge in [0.15, 0.2) is 0 Å². The Balaban J connectivity index is 1.25. The normalized spacial score (nSPS) is 15.6. The van der Waals surface area contributed by atoms with Gasteiger partial charge in [-0.3, -0.25) is 4.98 Å². The fourth-order valence-electron chi connectivity index (χ4n) is 5.78. The molecule has 2 aromatic heterocycles. The van der Waals surface area contributed by atoms with Gasteiger partial charge in [0.2, 0.25) is 0 Å². The van der Waals surface area contributed by atoms with Crippen LogP contribution < -0.4 is 0 Å². The lowest BCUT2D eigenvalue weighted by Crippen LogP contribution is -2.04. The van der Waals surface area contributed by atoms with E-state index in [2.05, 4.69) is 103 Å². The molecule has 0 saturated heterocycles. The SMILES string of the molecule is c1ccc2c(c#1)sc1c(C3=CC=C[C@H](c4cnc5c6ccccc6c6ccccc6c5n4)C3)cccc12. The molecule has 0 saturated carbocycles. The van der Waals surface area contributed by atoms with Crippen LogP contribution in [0.4, 0.5) is 0 Å². The topological polar surface area (TPSA) is 25.8 Å². The van der Waals surface area contributed by atoms with E-state index in [-0.39, 0.29) is 5.92 Å². The van der Waals surface area contributed by atoms with E-state index in [0.29, 0.717) is 0 Å². The van der Waals surface area contributed by atoms with Crippen LogP contribution in [0.25, 0.3) is 58.3 Å². The van der Waals surface area contributed by atoms with Crippen molar-refractivity contribution in [3.63, 3.8) is 0 Å². The van der Waals surface area contributed by atoms with Gasteiger partial charge in [-0.05, 0) is 40.5 Å². The van der Waals surface area contributed by atoms with Crippen LogP contribution in [0.1, 0.15) is 23.6 Å². The molecule has 1 atom stereocenters. The molecule has 0 spiro atoms. The first-order chi connectivity index (χ1) is 18.3. The Morgan fingerprint density at radius 1 is 0.757 bits per heavy atom. The molecule has 1 aliphatic rings. The minimum Gasteiger partial charge on any atom is -0.252 e. The highest BCUT2D eigenvalue weighted by Gasteiger charge is 2.20. The Labute approximate surface area is 218 Å². The molecular formula is C34H20N2S. The first-order valence-corrected chi connectivity index (χ1v) is 13.3. The molecule has 0 radical (unpaired) electrons. The number of nitrogens with zero attached hydrogens (tertiary/aromatic N) is 2. The van der Waals surface area contributed by atoms with Crippen molar-refractivity contribution in [2.75, 3.05) is 0 Å². The Kier molecular flexibility index (Phi) is 4.46. The average Bonchev–Trinajstić information content (AvgIpc) is 3.36. The van der Waals surface area contributed by atoms with Crippen molar-refractivity contribution in [2.45, 2.75) is 12.3 Å². The molecule has 3 heteroatoms. The van der Waals surface area contributed by atoms with E-state index >= 15 is 0 Å². The van der Waals surface area contributed by atoms with Crippen LogP contribution in [0, 0.1) is 12.1 Å². The van der Waals surface area contributed by atoms with E-state index in [4.69, 9.17) is 9.97 Å². The standard InChI is InChI=1S/C34H20N2S/c1-3-14-27-24(11-1)25-12-2-4-15-28(25)33-32(27)35-20-30(36-33)22-10-7-9-21(19-22)23-16-8-17-29-26-13-5-6-18-31(26)37-34(23)29/h1-5,7-17,20,22H,19H2/t22-/m0/s1. The van der Waals surface area contributed by atoms with Gasteiger partial charge in [0, 0.05) is 38.4 Å². The van der Waals surface area contributed by atoms with Gasteiger partial charge in [-0.25, -0.2) is 4.98 Å². The van der Waals surface area contributed by atoms with Crippen LogP contribution in [0.2, 0.25) is 0 Å². The molecule has 0 amide bonds. The third-order valence-corrected chi connectivity index (χ3v) is 8.70. The highest BCUT2D eigenvalue weighted by atomic mass is 32.1. The van der Waals surface area contributed by atoms with Gasteiger partial charge in [-0.1, -0.05) is 97.1 Å². The number of rotatable bonds is 2. The number of allylic oxidation sites excluding steroid dienone is 4. The van der Waals surface area contributed by atoms with E-state index in [1.807, 2.05) is 12.3 Å². The van der Waals surface area contributed by atoms with Crippen LogP contribution in [-0.2, 0) is 0 Å². The summed E-state index contributed by atoms with van der Waals surface area (Å²) in [7, 11) is 0. The summed E-state index contributed by atoms with van der Waals surface area (Å²) in [6.07, 6.45) is 9.57. The maximum absolute atomic E-state index is 5.25. The van der Waals surface area contributed by atoms with E-state index in [0.717, 1.165) is 38.6 Å². The molecule has 2 heterocycles. The van der Waals surface area contributed by atoms with Crippen molar-refractivity contribution >= 4 is 69.7 Å². The molecule has 37 heavy (non-hydrogen) atoms. The van der Waals surface area contributed by atoms with Crippen LogP contribution >= 0.6 is 11.3 Å². The van der Waals surface area contributed by atoms with Crippen LogP contribution in [0.3, 0.4) is 0 Å². The van der Waals surface area contributed by atoms with E-state index in [9.17, 15) is 0 Å². The minimum atomic E-state index is 0.173. The molecule has 172 valence electrons. The molecule has 0 bridgehead atoms. The van der Waals surface area contributed by atoms with Crippen LogP contribution in [0.5, 0.6) is 0 Å². The Morgan fingerprint density at radius 2 is 1.51 bits per heavy atom. The predicted molar refractivity (Wildman–Crippen MR) is 156 cm³/mol. The summed E-state index contributed by atoms with van der Waals surface area (Å²) in [5, 5.41) is 7.30. The van der Waals surface area contributed by atoms with Crippen molar-refractivity contribution in [1.82, 2.24) is 9.97 Å². The monoisotopic (exact) mass is 488 g/mol. The van der Waals surface area contributed by atoms with E-state index in [1.165, 1.54) is 37.4 Å². The fourth-order valence-corrected chi connectivity index (χ4v) is 6.98. The number of fused-ring (bicyclic) bond motifs is 9. The molecule has 8 rings (SSSR count). The Bertz CT molecular complexity index is 2040. The lowest BCUT2D eigenvalue weighted by atomic mass is 9.87. The maximum Gasteiger partial charge on any atom is 0.0975 e. The predicted octanol–water partition coefficient (Wildman–Crippen LogP) is 9.03. The molecule has 0 N–H and O–H groups in total. The first-order valence-electron chi connectivity index (χ1n) is 12.5. The molecule has 2 nitrogen and oxygen atoms in total. The van der Waals surface area contributed by atoms with Gasteiger partial charge in [0.05, 0.1) is 21.4 Å². The molecular weight excluding hydrogens is 468 g/mol. The van der Waals surface area contributed by atoms with Gasteiger partial charge in [0.1, 0.15) is 0 Å². The second-order valence-electron chi connectivity index (χ2n) is 9.60. The summed E-state index contributed by atoms with van der Waals surface area (Å²) in [5.41, 5.74) is 5.60. The van der Waals surface area contributed by atoms with Crippen LogP contribution in [-0.4, -0.2) is 9.97 Å². The van der Waals surface area contributed by atoms with E-state index in [1.54, 1.807) is 11.3 Å². The quantitative estimate of drug-likeness (QED) is 0.227. The van der Waals surface area contributed by atoms with Crippen molar-refractivity contribution < 1.29 is 0 Å². The summed E-state index contributed by atoms with van der Waals surface area (Å²) in [4.78, 5) is 10.2. The number of benzene rings is 4. The summed E-state index contributed by atoms with van der Waals surface area (Å²) in [5.74, 6) is 0.173. The zero-order valence-electron chi connectivity index (χ0n) is 19.9. The summed E-state index contributed by atoms with van der Waals surface area (Å²) < 4.78 is 2.48. The number of aromatic nitrogens is 2. The van der Waals surface area contributed by atoms with Crippen LogP contribution in [0.15, 0.2) is 103 Å². The highest BCUT2D eigenvalue weighted by Crippen LogP contribution is 2.41. The highest BCUT2D eigenvalue weighted by molar-refractivity contribution is 7.26. The molecule has 0 unspecified atom stereocenters. The molecule has 1 aliphatic carbocycles. The molecule has 7 aromatic rings. The van der Waals surface area contributed by atoms with Crippen molar-refractivity contribution in [3.05, 3.63) is 127 Å². The smallest absolute Gasteiger partial charge is 0.0975 e. The molecule has 0 aliphatic heterocycles. The van der Waals surface area contributed by atoms with Gasteiger partial charge >= 0.3 is 0 Å². The number of thiophene rings is 1. The molecule has 5 aromatic carbocycles. The second kappa shape index (κ2) is 8.00. The fraction of sp³-hybridized carbons (Fsp3) is 0.0588. The van der Waals surface area contributed by atoms with Crippen molar-refractivity contribution in [1.29, 1.82) is 0 Å².